The van der Waals surface area contributed by atoms with Gasteiger partial charge in [0, 0.05) is 12.8 Å². The topological polar surface area (TPSA) is 66.8 Å². The number of piperidine rings is 1. The summed E-state index contributed by atoms with van der Waals surface area (Å²) in [5.41, 5.74) is -0.117. The second-order valence-electron chi connectivity index (χ2n) is 7.09. The van der Waals surface area contributed by atoms with E-state index < -0.39 is 6.10 Å². The maximum Gasteiger partial charge on any atom is 0.229 e. The molecular formula is C19H25NO4. The summed E-state index contributed by atoms with van der Waals surface area (Å²) in [6.45, 7) is 0.0762. The number of para-hydroxylation sites is 1. The van der Waals surface area contributed by atoms with E-state index in [4.69, 9.17) is 4.74 Å². The lowest BCUT2D eigenvalue weighted by Gasteiger charge is -2.42. The molecular weight excluding hydrogens is 306 g/mol. The highest BCUT2D eigenvalue weighted by Crippen LogP contribution is 2.45. The lowest BCUT2D eigenvalue weighted by molar-refractivity contribution is -0.156. The lowest BCUT2D eigenvalue weighted by Crippen LogP contribution is -2.51. The number of benzene rings is 1. The minimum Gasteiger partial charge on any atom is -0.491 e. The molecule has 1 unspecified atom stereocenters. The van der Waals surface area contributed by atoms with Crippen molar-refractivity contribution in [3.8, 4) is 5.75 Å². The first-order valence-electron chi connectivity index (χ1n) is 8.77. The molecule has 2 aliphatic rings. The summed E-state index contributed by atoms with van der Waals surface area (Å²) in [7, 11) is 0. The van der Waals surface area contributed by atoms with Crippen LogP contribution in [0.5, 0.6) is 5.75 Å². The zero-order chi connectivity index (χ0) is 17.0. The molecule has 1 aromatic rings. The van der Waals surface area contributed by atoms with Crippen LogP contribution < -0.4 is 4.74 Å². The first-order valence-corrected chi connectivity index (χ1v) is 8.77. The molecule has 5 heteroatoms. The van der Waals surface area contributed by atoms with Crippen molar-refractivity contribution < 1.29 is 19.4 Å². The number of amides is 2. The molecule has 1 N–H and O–H groups in total. The first kappa shape index (κ1) is 17.0. The van der Waals surface area contributed by atoms with Crippen molar-refractivity contribution >= 4 is 11.8 Å². The molecule has 1 saturated carbocycles. The Hall–Kier alpha value is -1.88. The molecule has 1 saturated heterocycles. The summed E-state index contributed by atoms with van der Waals surface area (Å²) >= 11 is 0. The van der Waals surface area contributed by atoms with Gasteiger partial charge in [0.2, 0.25) is 11.8 Å². The Bertz CT molecular complexity index is 560. The van der Waals surface area contributed by atoms with Gasteiger partial charge in [0.15, 0.2) is 0 Å². The highest BCUT2D eigenvalue weighted by molar-refractivity contribution is 5.98. The number of β-amino-alcohol motifs (C(OH)–C–C–N with tert-alkyl or cyclic N) is 1. The molecule has 130 valence electrons. The summed E-state index contributed by atoms with van der Waals surface area (Å²) < 4.78 is 5.49. The smallest absolute Gasteiger partial charge is 0.229 e. The van der Waals surface area contributed by atoms with Crippen LogP contribution in [0.4, 0.5) is 0 Å². The summed E-state index contributed by atoms with van der Waals surface area (Å²) in [4.78, 5) is 26.1. The summed E-state index contributed by atoms with van der Waals surface area (Å²) in [5.74, 6) is 0.368. The molecule has 1 atom stereocenters. The van der Waals surface area contributed by atoms with Gasteiger partial charge in [-0.05, 0) is 30.4 Å². The predicted octanol–water partition coefficient (Wildman–Crippen LogP) is 2.53. The van der Waals surface area contributed by atoms with Gasteiger partial charge in [-0.25, -0.2) is 0 Å². The summed E-state index contributed by atoms with van der Waals surface area (Å²) in [5, 5.41) is 10.1. The van der Waals surface area contributed by atoms with Crippen LogP contribution in [0.1, 0.15) is 44.9 Å². The van der Waals surface area contributed by atoms with Gasteiger partial charge in [-0.3, -0.25) is 14.5 Å². The van der Waals surface area contributed by atoms with E-state index in [1.54, 1.807) is 12.1 Å². The number of hydrogen-bond donors (Lipinski definition) is 1. The number of carbonyl (C=O) groups is 2. The minimum absolute atomic E-state index is 0.0145. The van der Waals surface area contributed by atoms with Crippen LogP contribution in [-0.2, 0) is 9.59 Å². The Morgan fingerprint density at radius 2 is 1.67 bits per heavy atom. The number of likely N-dealkylation sites (tertiary alicyclic amines) is 1. The summed E-state index contributed by atoms with van der Waals surface area (Å²) in [6, 6.07) is 9.19. The van der Waals surface area contributed by atoms with Crippen molar-refractivity contribution in [2.45, 2.75) is 51.0 Å². The van der Waals surface area contributed by atoms with Crippen LogP contribution in [0.2, 0.25) is 0 Å². The Morgan fingerprint density at radius 3 is 2.29 bits per heavy atom. The van der Waals surface area contributed by atoms with Crippen molar-refractivity contribution in [1.82, 2.24) is 4.90 Å². The number of carbonyl (C=O) groups excluding carboxylic acids is 2. The van der Waals surface area contributed by atoms with E-state index in [0.717, 1.165) is 25.7 Å². The molecule has 2 amide bonds. The highest BCUT2D eigenvalue weighted by atomic mass is 16.5. The van der Waals surface area contributed by atoms with E-state index >= 15 is 0 Å². The first-order chi connectivity index (χ1) is 11.6. The van der Waals surface area contributed by atoms with Crippen molar-refractivity contribution in [3.63, 3.8) is 0 Å². The van der Waals surface area contributed by atoms with Gasteiger partial charge >= 0.3 is 0 Å². The number of rotatable bonds is 5. The van der Waals surface area contributed by atoms with Gasteiger partial charge in [-0.1, -0.05) is 37.5 Å². The third-order valence-corrected chi connectivity index (χ3v) is 5.15. The van der Waals surface area contributed by atoms with Gasteiger partial charge in [-0.2, -0.15) is 0 Å². The van der Waals surface area contributed by atoms with E-state index in [1.807, 2.05) is 18.2 Å². The molecule has 1 heterocycles. The molecule has 5 nitrogen and oxygen atoms in total. The van der Waals surface area contributed by atoms with Crippen LogP contribution in [0.15, 0.2) is 30.3 Å². The zero-order valence-electron chi connectivity index (χ0n) is 13.9. The zero-order valence-corrected chi connectivity index (χ0v) is 13.9. The normalized spacial score (nSPS) is 21.8. The average Bonchev–Trinajstić information content (AvgIpc) is 2.58. The quantitative estimate of drug-likeness (QED) is 0.842. The molecule has 1 aliphatic heterocycles. The highest BCUT2D eigenvalue weighted by Gasteiger charge is 2.44. The Labute approximate surface area is 142 Å². The minimum atomic E-state index is -0.876. The van der Waals surface area contributed by atoms with Gasteiger partial charge in [0.1, 0.15) is 18.5 Å². The summed E-state index contributed by atoms with van der Waals surface area (Å²) in [6.07, 6.45) is 5.34. The number of imide groups is 1. The van der Waals surface area contributed by atoms with Gasteiger partial charge < -0.3 is 9.84 Å². The number of nitrogens with zero attached hydrogens (tertiary/aromatic N) is 1. The molecule has 0 radical (unpaired) electrons. The standard InChI is InChI=1S/C19H25NO4/c21-15(14-24-16-7-3-1-4-8-16)13-20-17(22)11-19(12-18(20)23)9-5-2-6-10-19/h1,3-4,7-8,15,21H,2,5-6,9-14H2. The molecule has 1 spiro atoms. The molecule has 0 aromatic heterocycles. The predicted molar refractivity (Wildman–Crippen MR) is 89.4 cm³/mol. The van der Waals surface area contributed by atoms with E-state index in [9.17, 15) is 14.7 Å². The second-order valence-corrected chi connectivity index (χ2v) is 7.09. The van der Waals surface area contributed by atoms with Crippen molar-refractivity contribution in [3.05, 3.63) is 30.3 Å². The average molecular weight is 331 g/mol. The van der Waals surface area contributed by atoms with Crippen LogP contribution in [-0.4, -0.2) is 41.1 Å². The van der Waals surface area contributed by atoms with Crippen LogP contribution in [0.3, 0.4) is 0 Å². The molecule has 1 aliphatic carbocycles. The Morgan fingerprint density at radius 1 is 1.04 bits per heavy atom. The van der Waals surface area contributed by atoms with Gasteiger partial charge in [0.25, 0.3) is 0 Å². The SMILES string of the molecule is O=C1CC2(CCCCC2)CC(=O)N1CC(O)COc1ccccc1. The van der Waals surface area contributed by atoms with Crippen molar-refractivity contribution in [2.75, 3.05) is 13.2 Å². The number of aliphatic hydroxyl groups is 1. The molecule has 24 heavy (non-hydrogen) atoms. The van der Waals surface area contributed by atoms with Gasteiger partial charge in [-0.15, -0.1) is 0 Å². The van der Waals surface area contributed by atoms with Crippen LogP contribution in [0, 0.1) is 5.41 Å². The molecule has 3 rings (SSSR count). The lowest BCUT2D eigenvalue weighted by atomic mass is 9.67. The Balaban J connectivity index is 1.53. The monoisotopic (exact) mass is 331 g/mol. The van der Waals surface area contributed by atoms with E-state index in [-0.39, 0.29) is 30.4 Å². The van der Waals surface area contributed by atoms with E-state index in [0.29, 0.717) is 18.6 Å². The fourth-order valence-electron chi connectivity index (χ4n) is 3.87. The molecule has 0 bridgehead atoms. The van der Waals surface area contributed by atoms with Crippen LogP contribution in [0.25, 0.3) is 0 Å². The van der Waals surface area contributed by atoms with E-state index in [1.165, 1.54) is 11.3 Å². The number of ether oxygens (including phenoxy) is 1. The fraction of sp³-hybridized carbons (Fsp3) is 0.579. The molecule has 1 aromatic carbocycles. The number of hydrogen-bond acceptors (Lipinski definition) is 4. The number of aliphatic hydroxyl groups excluding tert-OH is 1. The largest absolute Gasteiger partial charge is 0.491 e. The van der Waals surface area contributed by atoms with E-state index in [2.05, 4.69) is 0 Å². The second kappa shape index (κ2) is 7.34. The maximum absolute atomic E-state index is 12.4. The fourth-order valence-corrected chi connectivity index (χ4v) is 3.87. The van der Waals surface area contributed by atoms with Crippen molar-refractivity contribution in [1.29, 1.82) is 0 Å². The molecule has 2 fully saturated rings. The third kappa shape index (κ3) is 3.96. The Kier molecular flexibility index (Phi) is 5.19. The van der Waals surface area contributed by atoms with Crippen molar-refractivity contribution in [2.24, 2.45) is 5.41 Å². The van der Waals surface area contributed by atoms with Crippen LogP contribution >= 0.6 is 0 Å². The van der Waals surface area contributed by atoms with Gasteiger partial charge in [0.05, 0.1) is 6.54 Å². The third-order valence-electron chi connectivity index (χ3n) is 5.15. The maximum atomic E-state index is 12.4.